The van der Waals surface area contributed by atoms with E-state index >= 15 is 0 Å². The summed E-state index contributed by atoms with van der Waals surface area (Å²) in [5.41, 5.74) is -0.193. The lowest BCUT2D eigenvalue weighted by Gasteiger charge is -2.04. The van der Waals surface area contributed by atoms with Gasteiger partial charge in [0, 0.05) is 0 Å². The predicted octanol–water partition coefficient (Wildman–Crippen LogP) is 3.69. The molecule has 0 saturated heterocycles. The van der Waals surface area contributed by atoms with Crippen molar-refractivity contribution in [2.45, 2.75) is 27.2 Å². The van der Waals surface area contributed by atoms with Gasteiger partial charge in [-0.1, -0.05) is 37.0 Å². The van der Waals surface area contributed by atoms with E-state index in [-0.39, 0.29) is 17.3 Å². The number of halogens is 3. The molecule has 0 N–H and O–H groups in total. The van der Waals surface area contributed by atoms with E-state index in [1.807, 2.05) is 13.8 Å². The SMILES string of the molecule is CC.CCOC(=O)CC(=O)c1cc(F)c(Cl)nc1Cl. The van der Waals surface area contributed by atoms with Gasteiger partial charge >= 0.3 is 5.97 Å². The summed E-state index contributed by atoms with van der Waals surface area (Å²) in [4.78, 5) is 26.1. The highest BCUT2D eigenvalue weighted by atomic mass is 35.5. The summed E-state index contributed by atoms with van der Waals surface area (Å²) in [6.07, 6.45) is -0.518. The fourth-order valence-corrected chi connectivity index (χ4v) is 1.51. The van der Waals surface area contributed by atoms with Gasteiger partial charge in [-0.2, -0.15) is 0 Å². The molecule has 1 aromatic heterocycles. The van der Waals surface area contributed by atoms with Crippen molar-refractivity contribution < 1.29 is 18.7 Å². The maximum atomic E-state index is 13.1. The lowest BCUT2D eigenvalue weighted by atomic mass is 10.1. The molecular formula is C12H14Cl2FNO3. The summed E-state index contributed by atoms with van der Waals surface area (Å²) in [5.74, 6) is -2.25. The molecule has 0 atom stereocenters. The molecule has 7 heteroatoms. The van der Waals surface area contributed by atoms with Crippen LogP contribution in [0.4, 0.5) is 4.39 Å². The smallest absolute Gasteiger partial charge is 0.313 e. The number of esters is 1. The Morgan fingerprint density at radius 1 is 1.32 bits per heavy atom. The number of nitrogens with zero attached hydrogens (tertiary/aromatic N) is 1. The van der Waals surface area contributed by atoms with Gasteiger partial charge in [-0.25, -0.2) is 9.37 Å². The third-order valence-corrected chi connectivity index (χ3v) is 2.35. The Kier molecular flexibility index (Phi) is 8.27. The summed E-state index contributed by atoms with van der Waals surface area (Å²) in [6.45, 7) is 5.77. The molecule has 0 aliphatic rings. The van der Waals surface area contributed by atoms with Gasteiger partial charge in [0.1, 0.15) is 11.6 Å². The van der Waals surface area contributed by atoms with Crippen LogP contribution in [0.3, 0.4) is 0 Å². The van der Waals surface area contributed by atoms with Crippen molar-refractivity contribution >= 4 is 35.0 Å². The van der Waals surface area contributed by atoms with Crippen LogP contribution in [-0.4, -0.2) is 23.3 Å². The van der Waals surface area contributed by atoms with Crippen LogP contribution in [0.1, 0.15) is 37.6 Å². The number of hydrogen-bond donors (Lipinski definition) is 0. The van der Waals surface area contributed by atoms with Crippen LogP contribution in [0, 0.1) is 5.82 Å². The molecule has 0 radical (unpaired) electrons. The first-order valence-corrected chi connectivity index (χ1v) is 6.41. The van der Waals surface area contributed by atoms with Crippen LogP contribution in [0.25, 0.3) is 0 Å². The third-order valence-electron chi connectivity index (χ3n) is 1.80. The van der Waals surface area contributed by atoms with E-state index in [1.165, 1.54) is 0 Å². The highest BCUT2D eigenvalue weighted by Crippen LogP contribution is 2.21. The van der Waals surface area contributed by atoms with E-state index in [9.17, 15) is 14.0 Å². The quantitative estimate of drug-likeness (QED) is 0.368. The number of ketones is 1. The van der Waals surface area contributed by atoms with Crippen molar-refractivity contribution in [2.75, 3.05) is 6.61 Å². The van der Waals surface area contributed by atoms with Crippen LogP contribution in [-0.2, 0) is 9.53 Å². The summed E-state index contributed by atoms with van der Waals surface area (Å²) in [5, 5.41) is -0.673. The number of ether oxygens (including phenoxy) is 1. The van der Waals surface area contributed by atoms with Crippen LogP contribution in [0.2, 0.25) is 10.3 Å². The van der Waals surface area contributed by atoms with Crippen molar-refractivity contribution in [3.63, 3.8) is 0 Å². The van der Waals surface area contributed by atoms with Crippen LogP contribution in [0.5, 0.6) is 0 Å². The first kappa shape index (κ1) is 17.8. The summed E-state index contributed by atoms with van der Waals surface area (Å²) < 4.78 is 17.7. The number of aromatic nitrogens is 1. The number of pyridine rings is 1. The molecule has 0 saturated carbocycles. The molecule has 0 bridgehead atoms. The highest BCUT2D eigenvalue weighted by Gasteiger charge is 2.18. The summed E-state index contributed by atoms with van der Waals surface area (Å²) in [6, 6.07) is 0.846. The van der Waals surface area contributed by atoms with Gasteiger partial charge in [-0.3, -0.25) is 9.59 Å². The molecule has 19 heavy (non-hydrogen) atoms. The molecule has 0 aliphatic heterocycles. The zero-order valence-electron chi connectivity index (χ0n) is 10.8. The van der Waals surface area contributed by atoms with Gasteiger partial charge in [0.05, 0.1) is 12.2 Å². The van der Waals surface area contributed by atoms with Crippen LogP contribution in [0.15, 0.2) is 6.07 Å². The highest BCUT2D eigenvalue weighted by molar-refractivity contribution is 6.35. The normalized spacial score (nSPS) is 9.37. The Morgan fingerprint density at radius 3 is 2.42 bits per heavy atom. The van der Waals surface area contributed by atoms with Crippen molar-refractivity contribution in [1.29, 1.82) is 0 Å². The minimum atomic E-state index is -0.872. The minimum absolute atomic E-state index is 0.160. The molecular weight excluding hydrogens is 296 g/mol. The molecule has 106 valence electrons. The lowest BCUT2D eigenvalue weighted by molar-refractivity contribution is -0.141. The Labute approximate surface area is 120 Å². The fraction of sp³-hybridized carbons (Fsp3) is 0.417. The fourth-order valence-electron chi connectivity index (χ4n) is 1.08. The molecule has 4 nitrogen and oxygen atoms in total. The van der Waals surface area contributed by atoms with Gasteiger partial charge in [0.2, 0.25) is 0 Å². The Bertz CT molecular complexity index is 467. The molecule has 0 amide bonds. The van der Waals surface area contributed by atoms with Gasteiger partial charge < -0.3 is 4.74 Å². The van der Waals surface area contributed by atoms with Crippen LogP contribution >= 0.6 is 23.2 Å². The maximum Gasteiger partial charge on any atom is 0.313 e. The second-order valence-electron chi connectivity index (χ2n) is 3.00. The van der Waals surface area contributed by atoms with Gasteiger partial charge in [-0.05, 0) is 13.0 Å². The van der Waals surface area contributed by atoms with Crippen molar-refractivity contribution in [3.05, 3.63) is 27.8 Å². The first-order valence-electron chi connectivity index (χ1n) is 5.66. The molecule has 1 heterocycles. The van der Waals surface area contributed by atoms with E-state index in [0.717, 1.165) is 6.07 Å². The Balaban J connectivity index is 0.00000154. The second kappa shape index (κ2) is 8.82. The third kappa shape index (κ3) is 5.53. The van der Waals surface area contributed by atoms with Crippen molar-refractivity contribution in [2.24, 2.45) is 0 Å². The van der Waals surface area contributed by atoms with Crippen molar-refractivity contribution in [3.8, 4) is 0 Å². The number of hydrogen-bond acceptors (Lipinski definition) is 4. The van der Waals surface area contributed by atoms with Gasteiger partial charge in [0.15, 0.2) is 16.8 Å². The van der Waals surface area contributed by atoms with E-state index in [2.05, 4.69) is 9.72 Å². The minimum Gasteiger partial charge on any atom is -0.466 e. The monoisotopic (exact) mass is 309 g/mol. The lowest BCUT2D eigenvalue weighted by Crippen LogP contribution is -2.12. The first-order chi connectivity index (χ1) is 8.95. The molecule has 0 aliphatic carbocycles. The summed E-state index contributed by atoms with van der Waals surface area (Å²) >= 11 is 11.0. The Morgan fingerprint density at radius 2 is 1.89 bits per heavy atom. The molecule has 0 fully saturated rings. The predicted molar refractivity (Wildman–Crippen MR) is 71.1 cm³/mol. The second-order valence-corrected chi connectivity index (χ2v) is 3.72. The average Bonchev–Trinajstić information content (AvgIpc) is 2.36. The average molecular weight is 310 g/mol. The topological polar surface area (TPSA) is 56.3 Å². The number of carbonyl (C=O) groups is 2. The molecule has 1 rings (SSSR count). The van der Waals surface area contributed by atoms with Gasteiger partial charge in [-0.15, -0.1) is 0 Å². The largest absolute Gasteiger partial charge is 0.466 e. The maximum absolute atomic E-state index is 13.1. The van der Waals surface area contributed by atoms with Gasteiger partial charge in [0.25, 0.3) is 0 Å². The number of Topliss-reactive ketones (excluding diaryl/α,β-unsaturated/α-hetero) is 1. The van der Waals surface area contributed by atoms with Crippen LogP contribution < -0.4 is 0 Å². The van der Waals surface area contributed by atoms with E-state index in [4.69, 9.17) is 23.2 Å². The van der Waals surface area contributed by atoms with Crippen molar-refractivity contribution in [1.82, 2.24) is 4.98 Å². The molecule has 0 aromatic carbocycles. The van der Waals surface area contributed by atoms with E-state index < -0.39 is 29.1 Å². The molecule has 1 aromatic rings. The molecule has 0 unspecified atom stereocenters. The standard InChI is InChI=1S/C10H8Cl2FNO3.C2H6/c1-2-17-8(16)4-7(15)5-3-6(13)10(12)14-9(5)11;1-2/h3H,2,4H2,1H3;1-2H3. The Hall–Kier alpha value is -1.20. The van der Waals surface area contributed by atoms with E-state index in [1.54, 1.807) is 6.92 Å². The molecule has 0 spiro atoms. The van der Waals surface area contributed by atoms with E-state index in [0.29, 0.717) is 0 Å². The number of carbonyl (C=O) groups excluding carboxylic acids is 2. The zero-order chi connectivity index (χ0) is 15.0. The number of rotatable bonds is 4. The summed E-state index contributed by atoms with van der Waals surface area (Å²) in [7, 11) is 0. The zero-order valence-corrected chi connectivity index (χ0v) is 12.3.